The van der Waals surface area contributed by atoms with Crippen molar-refractivity contribution in [1.82, 2.24) is 5.32 Å². The second kappa shape index (κ2) is 44.7. The molecule has 0 radical (unpaired) electrons. The first-order chi connectivity index (χ1) is 39.8. The van der Waals surface area contributed by atoms with E-state index in [9.17, 15) is 43.5 Å². The summed E-state index contributed by atoms with van der Waals surface area (Å²) in [4.78, 5) is 102. The Hall–Kier alpha value is -4.70. The van der Waals surface area contributed by atoms with Gasteiger partial charge in [0.1, 0.15) is 31.5 Å². The summed E-state index contributed by atoms with van der Waals surface area (Å²) in [6, 6.07) is -1.07. The van der Waals surface area contributed by atoms with Crippen LogP contribution in [0.3, 0.4) is 0 Å². The van der Waals surface area contributed by atoms with Crippen LogP contribution in [0.15, 0.2) is 12.2 Å². The SMILES string of the molecule is CCCCCCCCCCCCC/C=C/[C@@H](O)[C@H](CO[C@@H]1OC(COC(C)=O)[C@@H](O[C@@H]2OC(COC(C)=O)[C@H](OC(C)=O)C(OC(C)=O)C2OC(C)=O)C(OC(C)=O)C1OC(C)=O)NC(=O)CCCCCCCCCCCCCCCCC. The fraction of sp³-hybridized carbons (Fsp3) is 0.839. The van der Waals surface area contributed by atoms with Crippen molar-refractivity contribution in [3.8, 4) is 0 Å². The molecule has 12 atom stereocenters. The summed E-state index contributed by atoms with van der Waals surface area (Å²) < 4.78 is 64.3. The van der Waals surface area contributed by atoms with Gasteiger partial charge in [0, 0.05) is 54.9 Å². The van der Waals surface area contributed by atoms with Gasteiger partial charge in [-0.3, -0.25) is 38.4 Å². The highest BCUT2D eigenvalue weighted by molar-refractivity contribution is 5.76. The standard InChI is InChI=1S/C62H105NO20/c1-10-12-14-16-18-20-22-24-25-27-29-31-33-35-37-39-54(72)63-50(51(71)38-36-34-32-30-28-26-23-21-19-17-15-13-11-2)40-75-61-59(79-48(8)69)58(78-47(7)68)56(53(81-61)42-74-44(4)65)83-62-60(80-49(9)70)57(77-46(6)67)55(76-45(5)66)52(82-62)41-73-43(3)64/h36,38,50-53,55-62,71H,10-35,37,39-42H2,1-9H3,(H,63,72)/b38-36+/t50-,51+,52?,53?,55-,56+,57?,58?,59?,60?,61+,62-/m0/s1. The maximum atomic E-state index is 13.6. The number of amides is 1. The van der Waals surface area contributed by atoms with Crippen LogP contribution in [0.5, 0.6) is 0 Å². The number of aliphatic hydroxyl groups is 1. The van der Waals surface area contributed by atoms with Gasteiger partial charge in [-0.1, -0.05) is 180 Å². The van der Waals surface area contributed by atoms with E-state index < -0.39 is 135 Å². The molecule has 478 valence electrons. The molecule has 0 spiro atoms. The molecule has 1 amide bonds. The molecule has 2 saturated heterocycles. The lowest BCUT2D eigenvalue weighted by atomic mass is 9.96. The Morgan fingerprint density at radius 1 is 0.434 bits per heavy atom. The second-order valence-corrected chi connectivity index (χ2v) is 22.1. The average Bonchev–Trinajstić information content (AvgIpc) is 2.56. The van der Waals surface area contributed by atoms with Crippen molar-refractivity contribution in [1.29, 1.82) is 0 Å². The molecule has 21 nitrogen and oxygen atoms in total. The monoisotopic (exact) mass is 1180 g/mol. The fourth-order valence-electron chi connectivity index (χ4n) is 10.3. The number of aliphatic hydroxyl groups excluding tert-OH is 1. The fourth-order valence-corrected chi connectivity index (χ4v) is 10.3. The molecule has 2 N–H and O–H groups in total. The number of carbonyl (C=O) groups is 8. The molecule has 0 aromatic rings. The normalized spacial score (nSPS) is 23.1. The summed E-state index contributed by atoms with van der Waals surface area (Å²) in [5, 5.41) is 14.6. The number of carbonyl (C=O) groups excluding carboxylic acids is 8. The third kappa shape index (κ3) is 33.5. The highest BCUT2D eigenvalue weighted by Crippen LogP contribution is 2.36. The van der Waals surface area contributed by atoms with Gasteiger partial charge in [0.25, 0.3) is 0 Å². The lowest BCUT2D eigenvalue weighted by Crippen LogP contribution is -2.67. The number of ether oxygens (including phenoxy) is 11. The summed E-state index contributed by atoms with van der Waals surface area (Å²) in [6.45, 7) is 10.3. The number of hydrogen-bond acceptors (Lipinski definition) is 20. The van der Waals surface area contributed by atoms with Gasteiger partial charge in [0.05, 0.1) is 18.8 Å². The molecule has 21 heteroatoms. The van der Waals surface area contributed by atoms with Crippen LogP contribution >= 0.6 is 0 Å². The van der Waals surface area contributed by atoms with Gasteiger partial charge in [0.2, 0.25) is 5.91 Å². The van der Waals surface area contributed by atoms with Crippen LogP contribution in [-0.2, 0) is 90.5 Å². The Labute approximate surface area is 494 Å². The Morgan fingerprint density at radius 2 is 0.783 bits per heavy atom. The largest absolute Gasteiger partial charge is 0.463 e. The van der Waals surface area contributed by atoms with Crippen LogP contribution in [0.1, 0.15) is 242 Å². The Bertz CT molecular complexity index is 1900. The average molecular weight is 1180 g/mol. The molecule has 2 aliphatic rings. The van der Waals surface area contributed by atoms with Crippen LogP contribution in [0.2, 0.25) is 0 Å². The number of hydrogen-bond donors (Lipinski definition) is 2. The van der Waals surface area contributed by atoms with E-state index >= 15 is 0 Å². The zero-order valence-electron chi connectivity index (χ0n) is 51.7. The van der Waals surface area contributed by atoms with Crippen molar-refractivity contribution in [3.63, 3.8) is 0 Å². The number of allylic oxidation sites excluding steroid dienone is 1. The van der Waals surface area contributed by atoms with E-state index in [2.05, 4.69) is 19.2 Å². The van der Waals surface area contributed by atoms with E-state index in [1.807, 2.05) is 6.08 Å². The minimum Gasteiger partial charge on any atom is -0.463 e. The first-order valence-electron chi connectivity index (χ1n) is 31.1. The first-order valence-corrected chi connectivity index (χ1v) is 31.1. The zero-order valence-corrected chi connectivity index (χ0v) is 51.7. The molecule has 0 aromatic carbocycles. The number of nitrogens with one attached hydrogen (secondary N) is 1. The molecular formula is C62H105NO20. The molecule has 2 fully saturated rings. The second-order valence-electron chi connectivity index (χ2n) is 22.1. The van der Waals surface area contributed by atoms with E-state index in [1.54, 1.807) is 6.08 Å². The van der Waals surface area contributed by atoms with E-state index in [-0.39, 0.29) is 12.3 Å². The lowest BCUT2D eigenvalue weighted by molar-refractivity contribution is -0.361. The molecular weight excluding hydrogens is 1080 g/mol. The molecule has 2 rings (SSSR count). The summed E-state index contributed by atoms with van der Waals surface area (Å²) in [7, 11) is 0. The Balaban J connectivity index is 2.42. The third-order valence-corrected chi connectivity index (χ3v) is 14.4. The van der Waals surface area contributed by atoms with Crippen LogP contribution in [0.25, 0.3) is 0 Å². The summed E-state index contributed by atoms with van der Waals surface area (Å²) in [6.07, 6.45) is 17.2. The topological polar surface area (TPSA) is 270 Å². The number of unbranched alkanes of at least 4 members (excludes halogenated alkanes) is 25. The molecule has 0 aromatic heterocycles. The van der Waals surface area contributed by atoms with Gasteiger partial charge in [-0.15, -0.1) is 0 Å². The molecule has 6 unspecified atom stereocenters. The third-order valence-electron chi connectivity index (χ3n) is 14.4. The van der Waals surface area contributed by atoms with E-state index in [0.29, 0.717) is 12.8 Å². The van der Waals surface area contributed by atoms with E-state index in [4.69, 9.17) is 52.1 Å². The van der Waals surface area contributed by atoms with E-state index in [0.717, 1.165) is 93.4 Å². The first kappa shape index (κ1) is 74.4. The van der Waals surface area contributed by atoms with Gasteiger partial charge in [-0.05, 0) is 19.3 Å². The van der Waals surface area contributed by atoms with Crippen molar-refractivity contribution in [2.24, 2.45) is 0 Å². The maximum absolute atomic E-state index is 13.6. The predicted octanol–water partition coefficient (Wildman–Crippen LogP) is 9.99. The van der Waals surface area contributed by atoms with Crippen molar-refractivity contribution in [2.75, 3.05) is 19.8 Å². The maximum Gasteiger partial charge on any atom is 0.303 e. The molecule has 83 heavy (non-hydrogen) atoms. The molecule has 0 bridgehead atoms. The van der Waals surface area contributed by atoms with Crippen molar-refractivity contribution in [3.05, 3.63) is 12.2 Å². The quantitative estimate of drug-likeness (QED) is 0.0248. The predicted molar refractivity (Wildman–Crippen MR) is 307 cm³/mol. The molecule has 0 saturated carbocycles. The molecule has 2 heterocycles. The van der Waals surface area contributed by atoms with Crippen LogP contribution in [0, 0.1) is 0 Å². The summed E-state index contributed by atoms with van der Waals surface area (Å²) in [5.41, 5.74) is 0. The van der Waals surface area contributed by atoms with Gasteiger partial charge in [0.15, 0.2) is 43.1 Å². The molecule has 2 aliphatic heterocycles. The Kier molecular flexibility index (Phi) is 40.1. The highest BCUT2D eigenvalue weighted by atomic mass is 16.8. The minimum atomic E-state index is -1.87. The van der Waals surface area contributed by atoms with Crippen molar-refractivity contribution >= 4 is 47.7 Å². The number of esters is 7. The van der Waals surface area contributed by atoms with Crippen LogP contribution in [0.4, 0.5) is 0 Å². The lowest BCUT2D eigenvalue weighted by Gasteiger charge is -2.48. The van der Waals surface area contributed by atoms with Crippen LogP contribution in [-0.4, -0.2) is 146 Å². The van der Waals surface area contributed by atoms with Crippen molar-refractivity contribution < 1.29 is 95.6 Å². The Morgan fingerprint density at radius 3 is 1.20 bits per heavy atom. The van der Waals surface area contributed by atoms with Gasteiger partial charge >= 0.3 is 41.8 Å². The van der Waals surface area contributed by atoms with Crippen molar-refractivity contribution in [2.45, 2.75) is 316 Å². The van der Waals surface area contributed by atoms with Gasteiger partial charge in [-0.25, -0.2) is 0 Å². The number of rotatable bonds is 45. The summed E-state index contributed by atoms with van der Waals surface area (Å²) >= 11 is 0. The summed E-state index contributed by atoms with van der Waals surface area (Å²) in [5.74, 6) is -6.41. The van der Waals surface area contributed by atoms with Gasteiger partial charge < -0.3 is 62.5 Å². The smallest absolute Gasteiger partial charge is 0.303 e. The van der Waals surface area contributed by atoms with E-state index in [1.165, 1.54) is 116 Å². The molecule has 0 aliphatic carbocycles. The highest BCUT2D eigenvalue weighted by Gasteiger charge is 2.58. The zero-order chi connectivity index (χ0) is 61.4. The van der Waals surface area contributed by atoms with Crippen LogP contribution < -0.4 is 5.32 Å². The van der Waals surface area contributed by atoms with Gasteiger partial charge in [-0.2, -0.15) is 0 Å². The minimum absolute atomic E-state index is 0.192.